The molecule has 2 atom stereocenters. The van der Waals surface area contributed by atoms with E-state index in [2.05, 4.69) is 16.2 Å². The number of nitrogens with two attached hydrogens (primary N) is 1. The smallest absolute Gasteiger partial charge is 0.231 e. The van der Waals surface area contributed by atoms with Crippen LogP contribution < -0.4 is 21.9 Å². The van der Waals surface area contributed by atoms with Gasteiger partial charge >= 0.3 is 0 Å². The van der Waals surface area contributed by atoms with Gasteiger partial charge in [0.05, 0.1) is 6.54 Å². The van der Waals surface area contributed by atoms with Gasteiger partial charge in [-0.2, -0.15) is 0 Å². The molecule has 5 heteroatoms. The molecular formula is C8H18N4O. The van der Waals surface area contributed by atoms with E-state index in [1.165, 1.54) is 12.8 Å². The molecule has 1 aliphatic rings. The first kappa shape index (κ1) is 10.4. The maximum absolute atomic E-state index is 10.4. The molecule has 5 N–H and O–H groups in total. The van der Waals surface area contributed by atoms with Gasteiger partial charge in [0, 0.05) is 6.04 Å². The topological polar surface area (TPSA) is 79.2 Å². The molecule has 5 nitrogen and oxygen atoms in total. The van der Waals surface area contributed by atoms with Crippen LogP contribution in [0.3, 0.4) is 0 Å². The summed E-state index contributed by atoms with van der Waals surface area (Å²) in [4.78, 5) is 10.4. The quantitative estimate of drug-likeness (QED) is 0.383. The molecule has 1 amide bonds. The van der Waals surface area contributed by atoms with Crippen molar-refractivity contribution >= 4 is 5.91 Å². The van der Waals surface area contributed by atoms with Crippen LogP contribution in [0, 0.1) is 5.92 Å². The largest absolute Gasteiger partial charge is 0.369 e. The van der Waals surface area contributed by atoms with Crippen LogP contribution in [-0.4, -0.2) is 32.1 Å². The average Bonchev–Trinajstić information content (AvgIpc) is 2.06. The molecule has 0 aromatic rings. The lowest BCUT2D eigenvalue weighted by molar-refractivity contribution is -0.117. The highest BCUT2D eigenvalue weighted by Gasteiger charge is 2.29. The average molecular weight is 186 g/mol. The molecule has 0 radical (unpaired) electrons. The minimum Gasteiger partial charge on any atom is -0.369 e. The number of primary amides is 1. The summed E-state index contributed by atoms with van der Waals surface area (Å²) in [7, 11) is 1.87. The third-order valence-corrected chi connectivity index (χ3v) is 2.45. The molecule has 76 valence electrons. The van der Waals surface area contributed by atoms with Gasteiger partial charge in [-0.25, -0.2) is 0 Å². The summed E-state index contributed by atoms with van der Waals surface area (Å²) in [5.74, 6) is 0.323. The molecule has 1 saturated carbocycles. The molecule has 0 aromatic heterocycles. The Bertz CT molecular complexity index is 174. The van der Waals surface area contributed by atoms with Crippen molar-refractivity contribution in [2.45, 2.75) is 18.9 Å². The fourth-order valence-corrected chi connectivity index (χ4v) is 1.57. The Morgan fingerprint density at radius 2 is 2.31 bits per heavy atom. The Balaban J connectivity index is 2.05. The number of amides is 1. The van der Waals surface area contributed by atoms with E-state index in [9.17, 15) is 4.79 Å². The lowest BCUT2D eigenvalue weighted by atomic mass is 9.80. The van der Waals surface area contributed by atoms with Gasteiger partial charge < -0.3 is 11.1 Å². The van der Waals surface area contributed by atoms with Crippen molar-refractivity contribution in [3.63, 3.8) is 0 Å². The number of carbonyl (C=O) groups excluding carboxylic acids is 1. The van der Waals surface area contributed by atoms with Crippen LogP contribution in [0.5, 0.6) is 0 Å². The molecule has 13 heavy (non-hydrogen) atoms. The summed E-state index contributed by atoms with van der Waals surface area (Å²) in [5.41, 5.74) is 11.1. The van der Waals surface area contributed by atoms with Gasteiger partial charge in [0.15, 0.2) is 0 Å². The van der Waals surface area contributed by atoms with Gasteiger partial charge in [-0.1, -0.05) is 0 Å². The minimum absolute atomic E-state index is 0.281. The van der Waals surface area contributed by atoms with Crippen molar-refractivity contribution in [1.82, 2.24) is 16.2 Å². The van der Waals surface area contributed by atoms with Crippen LogP contribution in [0.15, 0.2) is 0 Å². The van der Waals surface area contributed by atoms with Gasteiger partial charge in [-0.05, 0) is 32.4 Å². The summed E-state index contributed by atoms with van der Waals surface area (Å²) < 4.78 is 0. The first-order valence-electron chi connectivity index (χ1n) is 4.65. The van der Waals surface area contributed by atoms with E-state index in [0.29, 0.717) is 12.0 Å². The highest BCUT2D eigenvalue weighted by atomic mass is 16.1. The highest BCUT2D eigenvalue weighted by molar-refractivity contribution is 5.75. The number of rotatable bonds is 6. The Hall–Kier alpha value is -0.650. The Kier molecular flexibility index (Phi) is 4.14. The number of carbonyl (C=O) groups is 1. The Morgan fingerprint density at radius 3 is 2.77 bits per heavy atom. The van der Waals surface area contributed by atoms with Crippen molar-refractivity contribution in [2.24, 2.45) is 11.7 Å². The van der Waals surface area contributed by atoms with E-state index in [-0.39, 0.29) is 12.5 Å². The molecule has 0 spiro atoms. The van der Waals surface area contributed by atoms with Crippen LogP contribution in [0.4, 0.5) is 0 Å². The number of nitrogens with one attached hydrogen (secondary N) is 3. The standard InChI is InChI=1S/C8H18N4O/c1-10-12-7-3-2-6(7)4-11-5-8(9)13/h6-7,10-12H,2-5H2,1H3,(H2,9,13). The summed E-state index contributed by atoms with van der Waals surface area (Å²) in [6.45, 7) is 1.14. The van der Waals surface area contributed by atoms with Crippen LogP contribution in [0.25, 0.3) is 0 Å². The monoisotopic (exact) mass is 186 g/mol. The van der Waals surface area contributed by atoms with E-state index in [1.54, 1.807) is 0 Å². The lowest BCUT2D eigenvalue weighted by Gasteiger charge is -2.37. The molecule has 1 aliphatic carbocycles. The van der Waals surface area contributed by atoms with Crippen LogP contribution >= 0.6 is 0 Å². The third-order valence-electron chi connectivity index (χ3n) is 2.45. The van der Waals surface area contributed by atoms with E-state index < -0.39 is 0 Å². The van der Waals surface area contributed by atoms with Crippen molar-refractivity contribution in [3.8, 4) is 0 Å². The Labute approximate surface area is 78.4 Å². The third kappa shape index (κ3) is 3.30. The van der Waals surface area contributed by atoms with Crippen molar-refractivity contribution in [3.05, 3.63) is 0 Å². The van der Waals surface area contributed by atoms with Crippen LogP contribution in [0.2, 0.25) is 0 Å². The SMILES string of the molecule is CNNC1CCC1CNCC(N)=O. The summed E-state index contributed by atoms with van der Waals surface area (Å²) >= 11 is 0. The Morgan fingerprint density at radius 1 is 1.54 bits per heavy atom. The zero-order valence-electron chi connectivity index (χ0n) is 7.97. The molecule has 0 aliphatic heterocycles. The second kappa shape index (κ2) is 5.16. The molecule has 2 unspecified atom stereocenters. The summed E-state index contributed by atoms with van der Waals surface area (Å²) in [5, 5.41) is 3.03. The summed E-state index contributed by atoms with van der Waals surface area (Å²) in [6, 6.07) is 0.533. The molecule has 0 heterocycles. The molecule has 1 rings (SSSR count). The predicted molar refractivity (Wildman–Crippen MR) is 50.8 cm³/mol. The normalized spacial score (nSPS) is 26.8. The second-order valence-corrected chi connectivity index (χ2v) is 3.44. The maximum atomic E-state index is 10.4. The van der Waals surface area contributed by atoms with E-state index in [1.807, 2.05) is 7.05 Å². The van der Waals surface area contributed by atoms with Gasteiger partial charge in [-0.15, -0.1) is 0 Å². The van der Waals surface area contributed by atoms with Gasteiger partial charge in [0.25, 0.3) is 0 Å². The van der Waals surface area contributed by atoms with Crippen LogP contribution in [-0.2, 0) is 4.79 Å². The minimum atomic E-state index is -0.294. The lowest BCUT2D eigenvalue weighted by Crippen LogP contribution is -2.52. The van der Waals surface area contributed by atoms with E-state index >= 15 is 0 Å². The second-order valence-electron chi connectivity index (χ2n) is 3.44. The molecule has 1 fully saturated rings. The molecule has 0 bridgehead atoms. The fraction of sp³-hybridized carbons (Fsp3) is 0.875. The van der Waals surface area contributed by atoms with E-state index in [0.717, 1.165) is 6.54 Å². The van der Waals surface area contributed by atoms with Gasteiger partial charge in [0.2, 0.25) is 5.91 Å². The zero-order valence-corrected chi connectivity index (χ0v) is 7.97. The molecular weight excluding hydrogens is 168 g/mol. The molecule has 0 aromatic carbocycles. The highest BCUT2D eigenvalue weighted by Crippen LogP contribution is 2.25. The van der Waals surface area contributed by atoms with Crippen molar-refractivity contribution in [2.75, 3.05) is 20.1 Å². The van der Waals surface area contributed by atoms with Crippen molar-refractivity contribution < 1.29 is 4.79 Å². The van der Waals surface area contributed by atoms with E-state index in [4.69, 9.17) is 5.73 Å². The predicted octanol–water partition coefficient (Wildman–Crippen LogP) is -1.44. The van der Waals surface area contributed by atoms with Gasteiger partial charge in [0.1, 0.15) is 0 Å². The van der Waals surface area contributed by atoms with Crippen LogP contribution in [0.1, 0.15) is 12.8 Å². The first-order chi connectivity index (χ1) is 6.24. The molecule has 0 saturated heterocycles. The maximum Gasteiger partial charge on any atom is 0.231 e. The number of hydrogen-bond donors (Lipinski definition) is 4. The zero-order chi connectivity index (χ0) is 9.68. The fourth-order valence-electron chi connectivity index (χ4n) is 1.57. The van der Waals surface area contributed by atoms with Gasteiger partial charge in [-0.3, -0.25) is 15.6 Å². The number of hydrogen-bond acceptors (Lipinski definition) is 4. The van der Waals surface area contributed by atoms with Crippen molar-refractivity contribution in [1.29, 1.82) is 0 Å². The summed E-state index contributed by atoms with van der Waals surface area (Å²) in [6.07, 6.45) is 2.41. The number of hydrazine groups is 1. The first-order valence-corrected chi connectivity index (χ1v) is 4.65.